The van der Waals surface area contributed by atoms with Crippen molar-refractivity contribution in [3.05, 3.63) is 11.6 Å². The molecule has 0 amide bonds. The molecule has 1 aromatic heterocycles. The quantitative estimate of drug-likeness (QED) is 0.674. The molecule has 6 heteroatoms. The van der Waals surface area contributed by atoms with Crippen LogP contribution >= 0.6 is 0 Å². The summed E-state index contributed by atoms with van der Waals surface area (Å²) >= 11 is 0. The number of ether oxygens (including phenoxy) is 2. The van der Waals surface area contributed by atoms with Crippen LogP contribution in [0.15, 0.2) is 0 Å². The van der Waals surface area contributed by atoms with Gasteiger partial charge in [0.15, 0.2) is 5.82 Å². The van der Waals surface area contributed by atoms with Crippen molar-refractivity contribution < 1.29 is 9.47 Å². The van der Waals surface area contributed by atoms with Gasteiger partial charge in [-0.25, -0.2) is 0 Å². The van der Waals surface area contributed by atoms with Gasteiger partial charge in [0.2, 0.25) is 0 Å². The number of rotatable bonds is 7. The van der Waals surface area contributed by atoms with Crippen molar-refractivity contribution in [2.75, 3.05) is 20.3 Å². The van der Waals surface area contributed by atoms with E-state index in [4.69, 9.17) is 15.2 Å². The van der Waals surface area contributed by atoms with E-state index in [9.17, 15) is 0 Å². The lowest BCUT2D eigenvalue weighted by molar-refractivity contribution is 0.0571. The zero-order valence-electron chi connectivity index (χ0n) is 9.56. The third-order valence-corrected chi connectivity index (χ3v) is 2.59. The second-order valence-corrected chi connectivity index (χ2v) is 3.88. The van der Waals surface area contributed by atoms with E-state index in [1.54, 1.807) is 7.11 Å². The molecule has 0 radical (unpaired) electrons. The fraction of sp³-hybridized carbons (Fsp3) is 0.800. The van der Waals surface area contributed by atoms with Gasteiger partial charge in [-0.2, -0.15) is 0 Å². The molecular weight excluding hydrogens is 208 g/mol. The molecule has 0 atom stereocenters. The molecule has 90 valence electrons. The van der Waals surface area contributed by atoms with Crippen LogP contribution in [0.25, 0.3) is 0 Å². The van der Waals surface area contributed by atoms with E-state index < -0.39 is 0 Å². The summed E-state index contributed by atoms with van der Waals surface area (Å²) in [7, 11) is 1.66. The molecule has 1 fully saturated rings. The van der Waals surface area contributed by atoms with Crippen molar-refractivity contribution in [2.45, 2.75) is 32.0 Å². The molecule has 0 saturated heterocycles. The maximum absolute atomic E-state index is 5.62. The summed E-state index contributed by atoms with van der Waals surface area (Å²) in [6.07, 6.45) is 2.38. The van der Waals surface area contributed by atoms with Gasteiger partial charge in [-0.05, 0) is 12.8 Å². The lowest BCUT2D eigenvalue weighted by atomic mass is 10.5. The van der Waals surface area contributed by atoms with Crippen molar-refractivity contribution in [1.29, 1.82) is 0 Å². The summed E-state index contributed by atoms with van der Waals surface area (Å²) < 4.78 is 12.5. The molecule has 1 saturated carbocycles. The Morgan fingerprint density at radius 1 is 1.31 bits per heavy atom. The fourth-order valence-electron chi connectivity index (χ4n) is 1.66. The Morgan fingerprint density at radius 3 is 2.69 bits per heavy atom. The Morgan fingerprint density at radius 2 is 2.06 bits per heavy atom. The summed E-state index contributed by atoms with van der Waals surface area (Å²) in [4.78, 5) is 0. The van der Waals surface area contributed by atoms with Gasteiger partial charge in [0, 0.05) is 13.2 Å². The minimum absolute atomic E-state index is 0.432. The van der Waals surface area contributed by atoms with Crippen LogP contribution in [0.4, 0.5) is 0 Å². The van der Waals surface area contributed by atoms with Crippen molar-refractivity contribution in [3.8, 4) is 0 Å². The summed E-state index contributed by atoms with van der Waals surface area (Å²) in [5.41, 5.74) is 5.62. The minimum atomic E-state index is 0.432. The van der Waals surface area contributed by atoms with Crippen LogP contribution in [0, 0.1) is 0 Å². The minimum Gasteiger partial charge on any atom is -0.382 e. The van der Waals surface area contributed by atoms with Crippen molar-refractivity contribution in [2.24, 2.45) is 5.73 Å². The maximum Gasteiger partial charge on any atom is 0.159 e. The van der Waals surface area contributed by atoms with Gasteiger partial charge in [-0.3, -0.25) is 0 Å². The second-order valence-electron chi connectivity index (χ2n) is 3.88. The van der Waals surface area contributed by atoms with Gasteiger partial charge < -0.3 is 19.8 Å². The number of hydrogen-bond acceptors (Lipinski definition) is 5. The van der Waals surface area contributed by atoms with Gasteiger partial charge in [0.1, 0.15) is 12.4 Å². The van der Waals surface area contributed by atoms with Gasteiger partial charge in [0.25, 0.3) is 0 Å². The highest BCUT2D eigenvalue weighted by molar-refractivity contribution is 5.01. The second kappa shape index (κ2) is 5.38. The van der Waals surface area contributed by atoms with Gasteiger partial charge in [-0.15, -0.1) is 10.2 Å². The first kappa shape index (κ1) is 11.5. The molecule has 2 N–H and O–H groups in total. The predicted octanol–water partition coefficient (Wildman–Crippen LogP) is 0.235. The van der Waals surface area contributed by atoms with E-state index in [0.717, 1.165) is 11.6 Å². The molecule has 1 aliphatic carbocycles. The first-order valence-corrected chi connectivity index (χ1v) is 5.56. The first-order chi connectivity index (χ1) is 7.86. The van der Waals surface area contributed by atoms with E-state index in [-0.39, 0.29) is 0 Å². The van der Waals surface area contributed by atoms with Crippen molar-refractivity contribution in [3.63, 3.8) is 0 Å². The summed E-state index contributed by atoms with van der Waals surface area (Å²) in [6, 6.07) is 0.537. The molecule has 0 unspecified atom stereocenters. The number of methoxy groups -OCH3 is 1. The smallest absolute Gasteiger partial charge is 0.159 e. The highest BCUT2D eigenvalue weighted by atomic mass is 16.5. The maximum atomic E-state index is 5.62. The van der Waals surface area contributed by atoms with E-state index in [1.807, 2.05) is 0 Å². The van der Waals surface area contributed by atoms with Gasteiger partial charge >= 0.3 is 0 Å². The first-order valence-electron chi connectivity index (χ1n) is 5.56. The van der Waals surface area contributed by atoms with E-state index in [0.29, 0.717) is 32.4 Å². The molecule has 16 heavy (non-hydrogen) atoms. The number of nitrogens with two attached hydrogens (primary N) is 1. The zero-order chi connectivity index (χ0) is 11.4. The van der Waals surface area contributed by atoms with Crippen LogP contribution in [0.5, 0.6) is 0 Å². The average molecular weight is 226 g/mol. The SMILES string of the molecule is COCCOCc1nnc(CN)n1C1CC1. The molecular formula is C10H18N4O2. The van der Waals surface area contributed by atoms with Crippen molar-refractivity contribution in [1.82, 2.24) is 14.8 Å². The molecule has 6 nitrogen and oxygen atoms in total. The Hall–Kier alpha value is -0.980. The molecule has 1 aromatic rings. The van der Waals surface area contributed by atoms with E-state index in [2.05, 4.69) is 14.8 Å². The van der Waals surface area contributed by atoms with Crippen LogP contribution in [-0.4, -0.2) is 35.1 Å². The van der Waals surface area contributed by atoms with Crippen LogP contribution < -0.4 is 5.73 Å². The lowest BCUT2D eigenvalue weighted by Gasteiger charge is -2.08. The number of hydrogen-bond donors (Lipinski definition) is 1. The summed E-state index contributed by atoms with van der Waals surface area (Å²) in [5.74, 6) is 1.73. The van der Waals surface area contributed by atoms with Crippen LogP contribution in [0.3, 0.4) is 0 Å². The van der Waals surface area contributed by atoms with Crippen LogP contribution in [0.1, 0.15) is 30.5 Å². The predicted molar refractivity (Wildman–Crippen MR) is 57.7 cm³/mol. The largest absolute Gasteiger partial charge is 0.382 e. The Bertz CT molecular complexity index is 336. The van der Waals surface area contributed by atoms with Crippen LogP contribution in [-0.2, 0) is 22.6 Å². The number of aromatic nitrogens is 3. The average Bonchev–Trinajstić information content (AvgIpc) is 3.06. The molecule has 0 bridgehead atoms. The summed E-state index contributed by atoms with van der Waals surface area (Å²) in [5, 5.41) is 8.18. The Kier molecular flexibility index (Phi) is 3.87. The standard InChI is InChI=1S/C10H18N4O2/c1-15-4-5-16-7-10-13-12-9(6-11)14(10)8-2-3-8/h8H,2-7,11H2,1H3. The lowest BCUT2D eigenvalue weighted by Crippen LogP contribution is -2.11. The number of nitrogens with zero attached hydrogens (tertiary/aromatic N) is 3. The zero-order valence-corrected chi connectivity index (χ0v) is 9.56. The van der Waals surface area contributed by atoms with E-state index >= 15 is 0 Å². The highest BCUT2D eigenvalue weighted by Gasteiger charge is 2.28. The van der Waals surface area contributed by atoms with E-state index in [1.165, 1.54) is 12.8 Å². The molecule has 1 heterocycles. The molecule has 2 rings (SSSR count). The van der Waals surface area contributed by atoms with Crippen LogP contribution in [0.2, 0.25) is 0 Å². The van der Waals surface area contributed by atoms with Crippen molar-refractivity contribution >= 4 is 0 Å². The molecule has 0 aromatic carbocycles. The third-order valence-electron chi connectivity index (χ3n) is 2.59. The monoisotopic (exact) mass is 226 g/mol. The Labute approximate surface area is 94.7 Å². The summed E-state index contributed by atoms with van der Waals surface area (Å²) in [6.45, 7) is 2.09. The molecule has 0 aliphatic heterocycles. The van der Waals surface area contributed by atoms with Gasteiger partial charge in [0.05, 0.1) is 19.8 Å². The fourth-order valence-corrected chi connectivity index (χ4v) is 1.66. The van der Waals surface area contributed by atoms with Gasteiger partial charge in [-0.1, -0.05) is 0 Å². The molecule has 1 aliphatic rings. The topological polar surface area (TPSA) is 75.2 Å². The normalized spacial score (nSPS) is 15.6. The Balaban J connectivity index is 1.94. The molecule has 0 spiro atoms. The highest BCUT2D eigenvalue weighted by Crippen LogP contribution is 2.36. The third kappa shape index (κ3) is 2.58.